The molecule has 0 bridgehead atoms. The number of allylic oxidation sites excluding steroid dienone is 7. The van der Waals surface area contributed by atoms with Crippen molar-refractivity contribution < 1.29 is 9.53 Å². The first-order valence-electron chi connectivity index (χ1n) is 12.4. The Balaban J connectivity index is 1.38. The zero-order chi connectivity index (χ0) is 22.2. The molecule has 3 heteroatoms. The van der Waals surface area contributed by atoms with Gasteiger partial charge in [-0.2, -0.15) is 0 Å². The summed E-state index contributed by atoms with van der Waals surface area (Å²) in [4.78, 5) is 17.3. The minimum atomic E-state index is 0.0216. The first-order valence-corrected chi connectivity index (χ1v) is 12.4. The average molecular weight is 430 g/mol. The molecule has 1 saturated heterocycles. The molecule has 0 amide bonds. The fourth-order valence-electron chi connectivity index (χ4n) is 6.72. The second-order valence-corrected chi connectivity index (χ2v) is 10.3. The van der Waals surface area contributed by atoms with Gasteiger partial charge < -0.3 is 4.74 Å². The normalized spacial score (nSPS) is 36.7. The van der Waals surface area contributed by atoms with Gasteiger partial charge in [-0.3, -0.25) is 9.78 Å². The van der Waals surface area contributed by atoms with Gasteiger partial charge in [-0.05, 0) is 67.7 Å². The van der Waals surface area contributed by atoms with Crippen LogP contribution in [0, 0.1) is 35.5 Å². The molecule has 2 heterocycles. The van der Waals surface area contributed by atoms with Crippen LogP contribution in [0.5, 0.6) is 0 Å². The first-order chi connectivity index (χ1) is 15.5. The van der Waals surface area contributed by atoms with Gasteiger partial charge in [0.25, 0.3) is 0 Å². The van der Waals surface area contributed by atoms with Crippen molar-refractivity contribution in [2.45, 2.75) is 59.0 Å². The Morgan fingerprint density at radius 3 is 2.72 bits per heavy atom. The summed E-state index contributed by atoms with van der Waals surface area (Å²) >= 11 is 0. The van der Waals surface area contributed by atoms with E-state index in [0.717, 1.165) is 12.1 Å². The highest BCUT2D eigenvalue weighted by atomic mass is 16.6. The van der Waals surface area contributed by atoms with Crippen LogP contribution < -0.4 is 0 Å². The number of aromatic nitrogens is 1. The minimum Gasteiger partial charge on any atom is -0.462 e. The Labute approximate surface area is 192 Å². The molecule has 1 aromatic rings. The molecule has 7 atom stereocenters. The van der Waals surface area contributed by atoms with Crippen molar-refractivity contribution in [1.82, 2.24) is 4.98 Å². The van der Waals surface area contributed by atoms with Crippen molar-refractivity contribution in [3.8, 4) is 0 Å². The fourth-order valence-corrected chi connectivity index (χ4v) is 6.72. The van der Waals surface area contributed by atoms with Crippen LogP contribution in [-0.2, 0) is 9.53 Å². The highest BCUT2D eigenvalue weighted by Gasteiger charge is 2.53. The topological polar surface area (TPSA) is 39.2 Å². The van der Waals surface area contributed by atoms with Crippen LogP contribution in [0.3, 0.4) is 0 Å². The Morgan fingerprint density at radius 2 is 1.91 bits per heavy atom. The zero-order valence-electron chi connectivity index (χ0n) is 19.5. The Kier molecular flexibility index (Phi) is 5.92. The van der Waals surface area contributed by atoms with Crippen molar-refractivity contribution in [3.05, 3.63) is 65.5 Å². The number of hydrogen-bond donors (Lipinski definition) is 0. The number of ether oxygens (including phenoxy) is 1. The number of nitrogens with zero attached hydrogens (tertiary/aromatic N) is 1. The third-order valence-corrected chi connectivity index (χ3v) is 8.58. The summed E-state index contributed by atoms with van der Waals surface area (Å²) in [6.45, 7) is 6.53. The van der Waals surface area contributed by atoms with Gasteiger partial charge in [-0.15, -0.1) is 0 Å². The molecule has 1 aliphatic heterocycles. The lowest BCUT2D eigenvalue weighted by molar-refractivity contribution is -0.144. The van der Waals surface area contributed by atoms with E-state index in [-0.39, 0.29) is 18.0 Å². The largest absolute Gasteiger partial charge is 0.462 e. The number of esters is 1. The van der Waals surface area contributed by atoms with Crippen molar-refractivity contribution >= 4 is 17.6 Å². The van der Waals surface area contributed by atoms with E-state index in [0.29, 0.717) is 29.6 Å². The van der Waals surface area contributed by atoms with Crippen LogP contribution in [0.1, 0.15) is 64.1 Å². The van der Waals surface area contributed by atoms with E-state index < -0.39 is 0 Å². The van der Waals surface area contributed by atoms with Crippen molar-refractivity contribution in [1.29, 1.82) is 0 Å². The van der Waals surface area contributed by atoms with Crippen molar-refractivity contribution in [2.75, 3.05) is 0 Å². The van der Waals surface area contributed by atoms with Crippen LogP contribution in [0.2, 0.25) is 0 Å². The average Bonchev–Trinajstić information content (AvgIpc) is 2.98. The SMILES string of the molecule is CC1=CC=CC=C(c2ccc(C=CC3C4CCCCC4CC4C(=O)OC(C)C43)nc2)C1C. The van der Waals surface area contributed by atoms with Gasteiger partial charge in [-0.25, -0.2) is 0 Å². The van der Waals surface area contributed by atoms with E-state index in [1.807, 2.05) is 6.20 Å². The maximum absolute atomic E-state index is 12.5. The highest BCUT2D eigenvalue weighted by Crippen LogP contribution is 2.53. The van der Waals surface area contributed by atoms with E-state index in [1.165, 1.54) is 42.4 Å². The van der Waals surface area contributed by atoms with E-state index in [4.69, 9.17) is 9.72 Å². The molecule has 1 aromatic heterocycles. The van der Waals surface area contributed by atoms with Crippen molar-refractivity contribution in [2.24, 2.45) is 35.5 Å². The molecule has 3 nitrogen and oxygen atoms in total. The van der Waals surface area contributed by atoms with Crippen LogP contribution in [0.25, 0.3) is 11.6 Å². The van der Waals surface area contributed by atoms with Crippen LogP contribution in [-0.4, -0.2) is 17.1 Å². The van der Waals surface area contributed by atoms with Gasteiger partial charge in [0, 0.05) is 18.0 Å². The summed E-state index contributed by atoms with van der Waals surface area (Å²) in [6, 6.07) is 4.32. The molecule has 3 aliphatic carbocycles. The molecule has 7 unspecified atom stereocenters. The molecule has 4 aliphatic rings. The van der Waals surface area contributed by atoms with E-state index in [9.17, 15) is 4.79 Å². The molecule has 5 rings (SSSR count). The number of hydrogen-bond acceptors (Lipinski definition) is 3. The summed E-state index contributed by atoms with van der Waals surface area (Å²) in [5.41, 5.74) is 4.85. The lowest BCUT2D eigenvalue weighted by Gasteiger charge is -2.45. The molecule has 32 heavy (non-hydrogen) atoms. The summed E-state index contributed by atoms with van der Waals surface area (Å²) in [5, 5.41) is 0. The maximum Gasteiger partial charge on any atom is 0.309 e. The maximum atomic E-state index is 12.5. The quantitative estimate of drug-likeness (QED) is 0.506. The van der Waals surface area contributed by atoms with Crippen LogP contribution in [0.4, 0.5) is 0 Å². The number of carbonyl (C=O) groups is 1. The number of pyridine rings is 1. The summed E-state index contributed by atoms with van der Waals surface area (Å²) in [7, 11) is 0. The third kappa shape index (κ3) is 3.91. The molecular formula is C29H35NO2. The van der Waals surface area contributed by atoms with Gasteiger partial charge in [-0.1, -0.05) is 68.2 Å². The number of fused-ring (bicyclic) bond motifs is 2. The second-order valence-electron chi connectivity index (χ2n) is 10.3. The van der Waals surface area contributed by atoms with Gasteiger partial charge >= 0.3 is 5.97 Å². The van der Waals surface area contributed by atoms with Gasteiger partial charge in [0.2, 0.25) is 0 Å². The van der Waals surface area contributed by atoms with Crippen LogP contribution in [0.15, 0.2) is 54.3 Å². The summed E-state index contributed by atoms with van der Waals surface area (Å²) < 4.78 is 5.70. The lowest BCUT2D eigenvalue weighted by Crippen LogP contribution is -2.42. The first kappa shape index (κ1) is 21.4. The molecule has 2 saturated carbocycles. The summed E-state index contributed by atoms with van der Waals surface area (Å²) in [5.74, 6) is 2.58. The number of rotatable bonds is 3. The van der Waals surface area contributed by atoms with Crippen LogP contribution >= 0.6 is 0 Å². The van der Waals surface area contributed by atoms with E-state index in [1.54, 1.807) is 0 Å². The zero-order valence-corrected chi connectivity index (χ0v) is 19.5. The Morgan fingerprint density at radius 1 is 1.09 bits per heavy atom. The molecule has 0 spiro atoms. The molecule has 3 fully saturated rings. The molecule has 0 radical (unpaired) electrons. The van der Waals surface area contributed by atoms with Gasteiger partial charge in [0.15, 0.2) is 0 Å². The van der Waals surface area contributed by atoms with Gasteiger partial charge in [0.05, 0.1) is 11.6 Å². The Bertz CT molecular complexity index is 983. The summed E-state index contributed by atoms with van der Waals surface area (Å²) in [6.07, 6.45) is 21.4. The van der Waals surface area contributed by atoms with E-state index >= 15 is 0 Å². The molecule has 0 aromatic carbocycles. The second kappa shape index (κ2) is 8.84. The standard InChI is InChI=1S/C29H35NO2/c1-18-8-4-6-10-24(19(18)2)22-12-13-23(30-17-22)14-15-26-25-11-7-5-9-21(25)16-27-28(26)20(3)32-29(27)31/h4,6,8,10,12-15,17,19-21,25-28H,5,7,9,11,16H2,1-3H3. The highest BCUT2D eigenvalue weighted by molar-refractivity contribution is 5.76. The minimum absolute atomic E-state index is 0.0216. The fraction of sp³-hybridized carbons (Fsp3) is 0.517. The number of cyclic esters (lactones) is 1. The smallest absolute Gasteiger partial charge is 0.309 e. The van der Waals surface area contributed by atoms with E-state index in [2.05, 4.69) is 69.4 Å². The third-order valence-electron chi connectivity index (χ3n) is 8.58. The molecule has 168 valence electrons. The molecule has 0 N–H and O–H groups in total. The monoisotopic (exact) mass is 429 g/mol. The van der Waals surface area contributed by atoms with Gasteiger partial charge in [0.1, 0.15) is 6.10 Å². The molecular weight excluding hydrogens is 394 g/mol. The lowest BCUT2D eigenvalue weighted by atomic mass is 9.57. The Hall–Kier alpha value is -2.42. The predicted octanol–water partition coefficient (Wildman–Crippen LogP) is 6.63. The number of carbonyl (C=O) groups excluding carboxylic acids is 1. The van der Waals surface area contributed by atoms with Crippen molar-refractivity contribution in [3.63, 3.8) is 0 Å². The predicted molar refractivity (Wildman–Crippen MR) is 129 cm³/mol.